The lowest BCUT2D eigenvalue weighted by molar-refractivity contribution is -0.119. The van der Waals surface area contributed by atoms with Gasteiger partial charge in [0, 0.05) is 12.8 Å². The number of ketones is 1. The fraction of sp³-hybridized carbons (Fsp3) is 0.588. The Balaban J connectivity index is 1.66. The molecule has 1 heterocycles. The number of hydrogen-bond donors (Lipinski definition) is 1. The smallest absolute Gasteiger partial charge is 0.133 e. The van der Waals surface area contributed by atoms with Crippen molar-refractivity contribution in [2.24, 2.45) is 5.92 Å². The first-order valence-electron chi connectivity index (χ1n) is 7.63. The van der Waals surface area contributed by atoms with Gasteiger partial charge in [-0.3, -0.25) is 4.79 Å². The molecule has 1 saturated heterocycles. The topological polar surface area (TPSA) is 38.3 Å². The highest BCUT2D eigenvalue weighted by atomic mass is 16.5. The normalized spacial score (nSPS) is 16.1. The number of carbonyl (C=O) groups is 1. The summed E-state index contributed by atoms with van der Waals surface area (Å²) in [6.45, 7) is 2.23. The van der Waals surface area contributed by atoms with Crippen LogP contribution in [-0.2, 0) is 11.2 Å². The molecule has 1 aliphatic heterocycles. The molecule has 0 amide bonds. The van der Waals surface area contributed by atoms with Gasteiger partial charge < -0.3 is 10.1 Å². The number of piperidine rings is 1. The summed E-state index contributed by atoms with van der Waals surface area (Å²) in [5.41, 5.74) is 1.21. The van der Waals surface area contributed by atoms with Crippen LogP contribution in [0.5, 0.6) is 5.75 Å². The van der Waals surface area contributed by atoms with Crippen LogP contribution < -0.4 is 10.1 Å². The summed E-state index contributed by atoms with van der Waals surface area (Å²) in [6.07, 6.45) is 5.79. The second-order valence-electron chi connectivity index (χ2n) is 5.62. The number of carbonyl (C=O) groups excluding carboxylic acids is 1. The molecule has 0 atom stereocenters. The minimum absolute atomic E-state index is 0.402. The first-order valence-corrected chi connectivity index (χ1v) is 7.63. The average molecular weight is 275 g/mol. The fourth-order valence-corrected chi connectivity index (χ4v) is 2.74. The van der Waals surface area contributed by atoms with Gasteiger partial charge >= 0.3 is 0 Å². The van der Waals surface area contributed by atoms with Gasteiger partial charge in [-0.1, -0.05) is 12.1 Å². The Morgan fingerprint density at radius 3 is 2.55 bits per heavy atom. The van der Waals surface area contributed by atoms with Gasteiger partial charge in [0.2, 0.25) is 0 Å². The van der Waals surface area contributed by atoms with E-state index in [4.69, 9.17) is 4.74 Å². The lowest BCUT2D eigenvalue weighted by atomic mass is 9.91. The highest BCUT2D eigenvalue weighted by Gasteiger charge is 2.14. The average Bonchev–Trinajstić information content (AvgIpc) is 2.52. The number of Topliss-reactive ketones (excluding diaryl/α,β-unsaturated/α-hetero) is 1. The molecule has 0 radical (unpaired) electrons. The molecule has 20 heavy (non-hydrogen) atoms. The lowest BCUT2D eigenvalue weighted by Gasteiger charge is -2.22. The Labute approximate surface area is 121 Å². The maximum absolute atomic E-state index is 11.9. The molecule has 0 unspecified atom stereocenters. The van der Waals surface area contributed by atoms with E-state index in [0.29, 0.717) is 12.2 Å². The fourth-order valence-electron chi connectivity index (χ4n) is 2.74. The van der Waals surface area contributed by atoms with E-state index in [9.17, 15) is 4.79 Å². The number of hydrogen-bond acceptors (Lipinski definition) is 3. The molecule has 1 aliphatic rings. The van der Waals surface area contributed by atoms with Gasteiger partial charge in [-0.25, -0.2) is 0 Å². The Morgan fingerprint density at radius 2 is 1.90 bits per heavy atom. The monoisotopic (exact) mass is 275 g/mol. The molecule has 3 nitrogen and oxygen atoms in total. The minimum atomic E-state index is 0.402. The summed E-state index contributed by atoms with van der Waals surface area (Å²) < 4.78 is 5.13. The van der Waals surface area contributed by atoms with Crippen LogP contribution in [-0.4, -0.2) is 26.0 Å². The molecule has 110 valence electrons. The van der Waals surface area contributed by atoms with Crippen LogP contribution in [0.15, 0.2) is 24.3 Å². The molecule has 0 aromatic heterocycles. The molecular formula is C17H25NO2. The zero-order valence-corrected chi connectivity index (χ0v) is 12.4. The maximum Gasteiger partial charge on any atom is 0.133 e. The molecule has 1 aromatic carbocycles. The highest BCUT2D eigenvalue weighted by Crippen LogP contribution is 2.19. The van der Waals surface area contributed by atoms with Crippen LogP contribution in [0.3, 0.4) is 0 Å². The van der Waals surface area contributed by atoms with Gasteiger partial charge in [-0.15, -0.1) is 0 Å². The van der Waals surface area contributed by atoms with Gasteiger partial charge in [0.25, 0.3) is 0 Å². The van der Waals surface area contributed by atoms with Gasteiger partial charge in [-0.05, 0) is 62.4 Å². The second-order valence-corrected chi connectivity index (χ2v) is 5.62. The predicted octanol–water partition coefficient (Wildman–Crippen LogP) is 2.98. The van der Waals surface area contributed by atoms with Crippen molar-refractivity contribution in [2.45, 2.75) is 38.5 Å². The van der Waals surface area contributed by atoms with Crippen molar-refractivity contribution >= 4 is 5.78 Å². The Kier molecular flexibility index (Phi) is 6.06. The van der Waals surface area contributed by atoms with E-state index in [-0.39, 0.29) is 0 Å². The Morgan fingerprint density at radius 1 is 1.20 bits per heavy atom. The summed E-state index contributed by atoms with van der Waals surface area (Å²) in [6, 6.07) is 7.99. The van der Waals surface area contributed by atoms with Crippen LogP contribution in [0.1, 0.15) is 37.7 Å². The maximum atomic E-state index is 11.9. The molecular weight excluding hydrogens is 250 g/mol. The van der Waals surface area contributed by atoms with E-state index in [0.717, 1.165) is 44.0 Å². The van der Waals surface area contributed by atoms with E-state index in [1.807, 2.05) is 24.3 Å². The third-order valence-electron chi connectivity index (χ3n) is 4.14. The molecule has 1 fully saturated rings. The van der Waals surface area contributed by atoms with E-state index in [2.05, 4.69) is 5.32 Å². The van der Waals surface area contributed by atoms with Crippen molar-refractivity contribution in [1.29, 1.82) is 0 Å². The van der Waals surface area contributed by atoms with Crippen molar-refractivity contribution in [3.05, 3.63) is 29.8 Å². The number of aryl methyl sites for hydroxylation is 1. The van der Waals surface area contributed by atoms with Crippen molar-refractivity contribution in [3.8, 4) is 5.75 Å². The van der Waals surface area contributed by atoms with Crippen molar-refractivity contribution in [2.75, 3.05) is 20.2 Å². The molecule has 0 aliphatic carbocycles. The van der Waals surface area contributed by atoms with Crippen LogP contribution in [0.25, 0.3) is 0 Å². The van der Waals surface area contributed by atoms with E-state index < -0.39 is 0 Å². The molecule has 0 bridgehead atoms. The van der Waals surface area contributed by atoms with Crippen molar-refractivity contribution in [3.63, 3.8) is 0 Å². The molecule has 1 N–H and O–H groups in total. The number of ether oxygens (including phenoxy) is 1. The highest BCUT2D eigenvalue weighted by molar-refractivity contribution is 5.78. The van der Waals surface area contributed by atoms with Crippen LogP contribution in [0.2, 0.25) is 0 Å². The summed E-state index contributed by atoms with van der Waals surface area (Å²) in [5.74, 6) is 2.02. The lowest BCUT2D eigenvalue weighted by Crippen LogP contribution is -2.28. The van der Waals surface area contributed by atoms with E-state index in [1.165, 1.54) is 18.4 Å². The van der Waals surface area contributed by atoms with Crippen molar-refractivity contribution < 1.29 is 9.53 Å². The third-order valence-corrected chi connectivity index (χ3v) is 4.14. The van der Waals surface area contributed by atoms with Gasteiger partial charge in [-0.2, -0.15) is 0 Å². The Bertz CT molecular complexity index is 408. The van der Waals surface area contributed by atoms with Gasteiger partial charge in [0.05, 0.1) is 7.11 Å². The standard InChI is InChI=1S/C17H25NO2/c1-20-17-8-4-14(5-9-17)2-6-16(19)7-3-15-10-12-18-13-11-15/h4-5,8-9,15,18H,2-3,6-7,10-13H2,1H3. The molecule has 2 rings (SSSR count). The predicted molar refractivity (Wildman–Crippen MR) is 81.1 cm³/mol. The van der Waals surface area contributed by atoms with Crippen LogP contribution in [0, 0.1) is 5.92 Å². The van der Waals surface area contributed by atoms with Crippen LogP contribution in [0.4, 0.5) is 0 Å². The van der Waals surface area contributed by atoms with Gasteiger partial charge in [0.1, 0.15) is 11.5 Å². The molecule has 3 heteroatoms. The zero-order valence-electron chi connectivity index (χ0n) is 12.4. The SMILES string of the molecule is COc1ccc(CCC(=O)CCC2CCNCC2)cc1. The Hall–Kier alpha value is -1.35. The molecule has 0 saturated carbocycles. The van der Waals surface area contributed by atoms with Gasteiger partial charge in [0.15, 0.2) is 0 Å². The van der Waals surface area contributed by atoms with Crippen LogP contribution >= 0.6 is 0 Å². The summed E-state index contributed by atoms with van der Waals surface area (Å²) in [5, 5.41) is 3.36. The first-order chi connectivity index (χ1) is 9.78. The summed E-state index contributed by atoms with van der Waals surface area (Å²) in [7, 11) is 1.67. The van der Waals surface area contributed by atoms with E-state index in [1.54, 1.807) is 7.11 Å². The second kappa shape index (κ2) is 8.05. The number of methoxy groups -OCH3 is 1. The molecule has 1 aromatic rings. The first kappa shape index (κ1) is 15.0. The summed E-state index contributed by atoms with van der Waals surface area (Å²) >= 11 is 0. The minimum Gasteiger partial charge on any atom is -0.497 e. The zero-order chi connectivity index (χ0) is 14.2. The third kappa shape index (κ3) is 4.97. The molecule has 0 spiro atoms. The quantitative estimate of drug-likeness (QED) is 0.831. The van der Waals surface area contributed by atoms with Crippen molar-refractivity contribution in [1.82, 2.24) is 5.32 Å². The number of rotatable bonds is 7. The van der Waals surface area contributed by atoms with E-state index >= 15 is 0 Å². The summed E-state index contributed by atoms with van der Waals surface area (Å²) in [4.78, 5) is 11.9. The number of nitrogens with one attached hydrogen (secondary N) is 1. The number of benzene rings is 1. The largest absolute Gasteiger partial charge is 0.497 e.